The number of H-pyrrole nitrogens is 1. The highest BCUT2D eigenvalue weighted by atomic mass is 16.2. The van der Waals surface area contributed by atoms with Gasteiger partial charge in [0.2, 0.25) is 0 Å². The quantitative estimate of drug-likeness (QED) is 0.753. The van der Waals surface area contributed by atoms with Gasteiger partial charge in [-0.3, -0.25) is 10.00 Å². The number of fused-ring (bicyclic) bond motifs is 1. The first-order valence-corrected chi connectivity index (χ1v) is 9.08. The van der Waals surface area contributed by atoms with Crippen LogP contribution in [0.2, 0.25) is 0 Å². The first-order chi connectivity index (χ1) is 12.7. The maximum Gasteiger partial charge on any atom is 0.323 e. The van der Waals surface area contributed by atoms with Gasteiger partial charge < -0.3 is 9.88 Å². The number of hydrogen-bond donors (Lipinski definition) is 2. The average Bonchev–Trinajstić information content (AvgIpc) is 3.33. The zero-order chi connectivity index (χ0) is 18.1. The molecule has 1 aromatic carbocycles. The summed E-state index contributed by atoms with van der Waals surface area (Å²) in [5, 5.41) is 10.9. The van der Waals surface area contributed by atoms with E-state index in [9.17, 15) is 4.79 Å². The van der Waals surface area contributed by atoms with E-state index in [-0.39, 0.29) is 12.1 Å². The minimum atomic E-state index is -0.159. The normalized spacial score (nSPS) is 17.2. The Kier molecular flexibility index (Phi) is 4.32. The number of likely N-dealkylation sites (tertiary alicyclic amines) is 1. The van der Waals surface area contributed by atoms with E-state index in [0.29, 0.717) is 12.4 Å². The van der Waals surface area contributed by atoms with Crippen molar-refractivity contribution in [2.45, 2.75) is 45.7 Å². The number of carbonyl (C=O) groups excluding carboxylic acids is 1. The molecule has 1 saturated heterocycles. The third-order valence-electron chi connectivity index (χ3n) is 4.79. The molecule has 0 radical (unpaired) electrons. The summed E-state index contributed by atoms with van der Waals surface area (Å²) in [7, 11) is 0. The van der Waals surface area contributed by atoms with Gasteiger partial charge in [-0.25, -0.2) is 9.78 Å². The third kappa shape index (κ3) is 3.02. The molecule has 1 aliphatic rings. The van der Waals surface area contributed by atoms with Crippen LogP contribution in [0.1, 0.15) is 43.6 Å². The van der Waals surface area contributed by atoms with Gasteiger partial charge in [0.15, 0.2) is 5.82 Å². The molecule has 8 nitrogen and oxygen atoms in total. The maximum absolute atomic E-state index is 12.7. The Bertz CT molecular complexity index is 929. The van der Waals surface area contributed by atoms with Crippen molar-refractivity contribution in [1.82, 2.24) is 29.9 Å². The molecule has 1 aliphatic heterocycles. The predicted molar refractivity (Wildman–Crippen MR) is 98.8 cm³/mol. The second-order valence-electron chi connectivity index (χ2n) is 6.74. The second-order valence-corrected chi connectivity index (χ2v) is 6.74. The van der Waals surface area contributed by atoms with Gasteiger partial charge in [-0.1, -0.05) is 24.3 Å². The van der Waals surface area contributed by atoms with E-state index < -0.39 is 0 Å². The fourth-order valence-corrected chi connectivity index (χ4v) is 3.52. The van der Waals surface area contributed by atoms with Crippen LogP contribution in [0.3, 0.4) is 0 Å². The summed E-state index contributed by atoms with van der Waals surface area (Å²) in [6, 6.07) is 5.87. The predicted octanol–water partition coefficient (Wildman–Crippen LogP) is 3.24. The molecular weight excluding hydrogens is 330 g/mol. The van der Waals surface area contributed by atoms with Gasteiger partial charge in [0, 0.05) is 13.1 Å². The molecule has 2 amide bonds. The summed E-state index contributed by atoms with van der Waals surface area (Å²) in [6.07, 6.45) is 4.58. The molecule has 4 rings (SSSR count). The van der Waals surface area contributed by atoms with Crippen molar-refractivity contribution >= 4 is 22.9 Å². The minimum Gasteiger partial charge on any atom is -0.340 e. The lowest BCUT2D eigenvalue weighted by molar-refractivity contribution is 0.205. The SMILES string of the molecule is CCCn1cc(NC(=O)N2CCC[C@@H]2c2nc3c(C)cccc3[nH]2)nn1. The molecule has 26 heavy (non-hydrogen) atoms. The van der Waals surface area contributed by atoms with Crippen molar-refractivity contribution in [3.05, 3.63) is 35.8 Å². The van der Waals surface area contributed by atoms with E-state index in [4.69, 9.17) is 4.98 Å². The van der Waals surface area contributed by atoms with Crippen LogP contribution >= 0.6 is 0 Å². The highest BCUT2D eigenvalue weighted by Crippen LogP contribution is 2.32. The molecule has 3 aromatic rings. The highest BCUT2D eigenvalue weighted by Gasteiger charge is 2.32. The molecule has 2 aromatic heterocycles. The van der Waals surface area contributed by atoms with E-state index in [0.717, 1.165) is 48.2 Å². The fraction of sp³-hybridized carbons (Fsp3) is 0.444. The molecule has 136 valence electrons. The Morgan fingerprint density at radius 2 is 2.31 bits per heavy atom. The number of benzene rings is 1. The van der Waals surface area contributed by atoms with E-state index >= 15 is 0 Å². The van der Waals surface area contributed by atoms with Crippen molar-refractivity contribution in [3.8, 4) is 0 Å². The van der Waals surface area contributed by atoms with Crippen LogP contribution in [0.5, 0.6) is 0 Å². The van der Waals surface area contributed by atoms with Crippen LogP contribution < -0.4 is 5.32 Å². The van der Waals surface area contributed by atoms with Crippen LogP contribution in [0.4, 0.5) is 10.6 Å². The van der Waals surface area contributed by atoms with E-state index in [2.05, 4.69) is 27.5 Å². The molecule has 0 aliphatic carbocycles. The number of carbonyl (C=O) groups is 1. The topological polar surface area (TPSA) is 91.7 Å². The molecule has 0 unspecified atom stereocenters. The number of nitrogens with one attached hydrogen (secondary N) is 2. The van der Waals surface area contributed by atoms with Gasteiger partial charge in [-0.2, -0.15) is 0 Å². The summed E-state index contributed by atoms with van der Waals surface area (Å²) >= 11 is 0. The van der Waals surface area contributed by atoms with E-state index in [1.807, 2.05) is 30.0 Å². The molecule has 0 bridgehead atoms. The number of aromatic nitrogens is 5. The van der Waals surface area contributed by atoms with Gasteiger partial charge in [-0.05, 0) is 37.8 Å². The first-order valence-electron chi connectivity index (χ1n) is 9.08. The van der Waals surface area contributed by atoms with Crippen LogP contribution in [-0.2, 0) is 6.54 Å². The number of nitrogens with zero attached hydrogens (tertiary/aromatic N) is 5. The summed E-state index contributed by atoms with van der Waals surface area (Å²) in [5.74, 6) is 1.33. The first kappa shape index (κ1) is 16.6. The molecular formula is C18H23N7O. The van der Waals surface area contributed by atoms with Crippen molar-refractivity contribution in [2.24, 2.45) is 0 Å². The number of para-hydroxylation sites is 1. The Morgan fingerprint density at radius 3 is 3.12 bits per heavy atom. The number of imidazole rings is 1. The van der Waals surface area contributed by atoms with E-state index in [1.165, 1.54) is 0 Å². The molecule has 0 spiro atoms. The van der Waals surface area contributed by atoms with Crippen molar-refractivity contribution in [1.29, 1.82) is 0 Å². The third-order valence-corrected chi connectivity index (χ3v) is 4.79. The monoisotopic (exact) mass is 353 g/mol. The van der Waals surface area contributed by atoms with Gasteiger partial charge in [0.25, 0.3) is 0 Å². The summed E-state index contributed by atoms with van der Waals surface area (Å²) in [5.41, 5.74) is 3.11. The Morgan fingerprint density at radius 1 is 1.42 bits per heavy atom. The Labute approximate surface area is 151 Å². The van der Waals surface area contributed by atoms with Gasteiger partial charge >= 0.3 is 6.03 Å². The van der Waals surface area contributed by atoms with Crippen molar-refractivity contribution in [3.63, 3.8) is 0 Å². The molecule has 1 fully saturated rings. The molecule has 0 saturated carbocycles. The maximum atomic E-state index is 12.7. The Hall–Kier alpha value is -2.90. The Balaban J connectivity index is 1.53. The lowest BCUT2D eigenvalue weighted by Gasteiger charge is -2.22. The average molecular weight is 353 g/mol. The molecule has 1 atom stereocenters. The lowest BCUT2D eigenvalue weighted by Crippen LogP contribution is -2.35. The summed E-state index contributed by atoms with van der Waals surface area (Å²) in [4.78, 5) is 22.7. The number of rotatable bonds is 4. The van der Waals surface area contributed by atoms with Crippen molar-refractivity contribution in [2.75, 3.05) is 11.9 Å². The van der Waals surface area contributed by atoms with Crippen LogP contribution in [0.25, 0.3) is 11.0 Å². The van der Waals surface area contributed by atoms with Gasteiger partial charge in [0.05, 0.1) is 23.3 Å². The van der Waals surface area contributed by atoms with Crippen molar-refractivity contribution < 1.29 is 4.79 Å². The minimum absolute atomic E-state index is 0.0486. The van der Waals surface area contributed by atoms with Gasteiger partial charge in [-0.15, -0.1) is 5.10 Å². The lowest BCUT2D eigenvalue weighted by atomic mass is 10.2. The highest BCUT2D eigenvalue weighted by molar-refractivity contribution is 5.88. The summed E-state index contributed by atoms with van der Waals surface area (Å²) in [6.45, 7) is 5.61. The van der Waals surface area contributed by atoms with E-state index in [1.54, 1.807) is 10.9 Å². The zero-order valence-electron chi connectivity index (χ0n) is 15.1. The largest absolute Gasteiger partial charge is 0.340 e. The van der Waals surface area contributed by atoms with Crippen LogP contribution in [0.15, 0.2) is 24.4 Å². The zero-order valence-corrected chi connectivity index (χ0v) is 15.1. The van der Waals surface area contributed by atoms with Gasteiger partial charge in [0.1, 0.15) is 5.82 Å². The van der Waals surface area contributed by atoms with Crippen LogP contribution in [-0.4, -0.2) is 42.4 Å². The number of aryl methyl sites for hydroxylation is 2. The fourth-order valence-electron chi connectivity index (χ4n) is 3.52. The summed E-state index contributed by atoms with van der Waals surface area (Å²) < 4.78 is 1.74. The number of urea groups is 1. The number of hydrogen-bond acceptors (Lipinski definition) is 4. The number of amides is 2. The molecule has 8 heteroatoms. The molecule has 2 N–H and O–H groups in total. The molecule has 3 heterocycles. The second kappa shape index (κ2) is 6.78. The van der Waals surface area contributed by atoms with Crippen LogP contribution in [0, 0.1) is 6.92 Å². The smallest absolute Gasteiger partial charge is 0.323 e. The number of anilines is 1. The number of aromatic amines is 1. The standard InChI is InChI=1S/C18H23N7O/c1-3-9-24-11-15(22-23-24)20-18(26)25-10-5-8-14(25)17-19-13-7-4-6-12(2)16(13)21-17/h4,6-7,11,14H,3,5,8-10H2,1-2H3,(H,19,21)(H,20,26)/t14-/m1/s1.